The van der Waals surface area contributed by atoms with E-state index in [0.717, 1.165) is 24.9 Å². The fraction of sp³-hybridized carbons (Fsp3) is 0.933. The van der Waals surface area contributed by atoms with Crippen LogP contribution in [0.2, 0.25) is 0 Å². The standard InChI is InChI=1S/C15H29N3O.2ClH/c1-12-4-3-7-18(11-12)13(2)8-17-15(19)10-16-9-14-5-6-14;;/h12-14,16H,3-11H2,1-2H3,(H,17,19);2*1H. The summed E-state index contributed by atoms with van der Waals surface area (Å²) >= 11 is 0. The number of likely N-dealkylation sites (tertiary alicyclic amines) is 1. The minimum absolute atomic E-state index is 0. The lowest BCUT2D eigenvalue weighted by Gasteiger charge is -2.35. The lowest BCUT2D eigenvalue weighted by Crippen LogP contribution is -2.47. The molecule has 1 saturated carbocycles. The SMILES string of the molecule is CC1CCCN(C(C)CNC(=O)CNCC2CC2)C1.Cl.Cl. The number of nitrogens with zero attached hydrogens (tertiary/aromatic N) is 1. The van der Waals surface area contributed by atoms with Crippen LogP contribution in [0.15, 0.2) is 0 Å². The van der Waals surface area contributed by atoms with Crippen molar-refractivity contribution in [3.8, 4) is 0 Å². The van der Waals surface area contributed by atoms with E-state index in [9.17, 15) is 4.79 Å². The van der Waals surface area contributed by atoms with Crippen molar-refractivity contribution in [2.45, 2.75) is 45.6 Å². The van der Waals surface area contributed by atoms with E-state index in [2.05, 4.69) is 29.4 Å². The van der Waals surface area contributed by atoms with Gasteiger partial charge in [0.2, 0.25) is 5.91 Å². The molecule has 1 saturated heterocycles. The maximum Gasteiger partial charge on any atom is 0.234 e. The fourth-order valence-corrected chi connectivity index (χ4v) is 2.79. The molecule has 2 atom stereocenters. The molecule has 1 heterocycles. The third-order valence-corrected chi connectivity index (χ3v) is 4.32. The van der Waals surface area contributed by atoms with E-state index < -0.39 is 0 Å². The molecular weight excluding hydrogens is 309 g/mol. The minimum atomic E-state index is 0. The first-order valence-electron chi connectivity index (χ1n) is 7.86. The molecule has 1 amide bonds. The predicted molar refractivity (Wildman–Crippen MR) is 92.5 cm³/mol. The molecule has 2 unspecified atom stereocenters. The highest BCUT2D eigenvalue weighted by Crippen LogP contribution is 2.27. The van der Waals surface area contributed by atoms with Gasteiger partial charge in [-0.05, 0) is 57.5 Å². The molecule has 2 rings (SSSR count). The molecule has 0 aromatic carbocycles. The minimum Gasteiger partial charge on any atom is -0.353 e. The van der Waals surface area contributed by atoms with Crippen molar-refractivity contribution in [1.82, 2.24) is 15.5 Å². The number of rotatable bonds is 7. The second-order valence-electron chi connectivity index (χ2n) is 6.47. The van der Waals surface area contributed by atoms with Crippen molar-refractivity contribution in [2.75, 3.05) is 32.7 Å². The molecule has 0 aromatic rings. The number of piperidine rings is 1. The number of hydrogen-bond donors (Lipinski definition) is 2. The first kappa shape index (κ1) is 21.0. The Morgan fingerprint density at radius 1 is 1.29 bits per heavy atom. The summed E-state index contributed by atoms with van der Waals surface area (Å²) < 4.78 is 0. The Kier molecular flexibility index (Phi) is 10.6. The van der Waals surface area contributed by atoms with Gasteiger partial charge in [0.15, 0.2) is 0 Å². The van der Waals surface area contributed by atoms with Gasteiger partial charge in [-0.2, -0.15) is 0 Å². The smallest absolute Gasteiger partial charge is 0.234 e. The lowest BCUT2D eigenvalue weighted by atomic mass is 9.99. The quantitative estimate of drug-likeness (QED) is 0.746. The molecule has 21 heavy (non-hydrogen) atoms. The summed E-state index contributed by atoms with van der Waals surface area (Å²) in [5, 5.41) is 6.28. The van der Waals surface area contributed by atoms with E-state index in [1.54, 1.807) is 0 Å². The van der Waals surface area contributed by atoms with Crippen LogP contribution in [0.5, 0.6) is 0 Å². The van der Waals surface area contributed by atoms with Crippen molar-refractivity contribution in [2.24, 2.45) is 11.8 Å². The molecule has 0 bridgehead atoms. The van der Waals surface area contributed by atoms with E-state index in [4.69, 9.17) is 0 Å². The van der Waals surface area contributed by atoms with Gasteiger partial charge in [0, 0.05) is 19.1 Å². The zero-order valence-electron chi connectivity index (χ0n) is 13.3. The molecule has 0 aromatic heterocycles. The first-order valence-corrected chi connectivity index (χ1v) is 7.86. The van der Waals surface area contributed by atoms with Crippen molar-refractivity contribution in [1.29, 1.82) is 0 Å². The van der Waals surface area contributed by atoms with Gasteiger partial charge in [-0.15, -0.1) is 24.8 Å². The lowest BCUT2D eigenvalue weighted by molar-refractivity contribution is -0.120. The van der Waals surface area contributed by atoms with Crippen molar-refractivity contribution < 1.29 is 4.79 Å². The average Bonchev–Trinajstić information content (AvgIpc) is 3.20. The van der Waals surface area contributed by atoms with Gasteiger partial charge >= 0.3 is 0 Å². The van der Waals surface area contributed by atoms with E-state index in [1.807, 2.05) is 0 Å². The molecule has 6 heteroatoms. The van der Waals surface area contributed by atoms with Gasteiger partial charge in [0.25, 0.3) is 0 Å². The molecule has 4 nitrogen and oxygen atoms in total. The normalized spacial score (nSPS) is 23.6. The van der Waals surface area contributed by atoms with Gasteiger partial charge in [0.05, 0.1) is 6.54 Å². The number of carbonyl (C=O) groups excluding carboxylic acids is 1. The molecule has 2 N–H and O–H groups in total. The first-order chi connectivity index (χ1) is 9.15. The maximum atomic E-state index is 11.7. The second kappa shape index (κ2) is 10.7. The number of carbonyl (C=O) groups is 1. The Morgan fingerprint density at radius 3 is 2.62 bits per heavy atom. The van der Waals surface area contributed by atoms with Crippen LogP contribution in [0.1, 0.15) is 39.5 Å². The van der Waals surface area contributed by atoms with E-state index in [1.165, 1.54) is 38.8 Å². The summed E-state index contributed by atoms with van der Waals surface area (Å²) in [6.45, 7) is 9.15. The molecule has 126 valence electrons. The number of amides is 1. The molecular formula is C15H31Cl2N3O. The zero-order valence-corrected chi connectivity index (χ0v) is 14.9. The largest absolute Gasteiger partial charge is 0.353 e. The van der Waals surface area contributed by atoms with Crippen LogP contribution in [0.3, 0.4) is 0 Å². The van der Waals surface area contributed by atoms with Gasteiger partial charge in [-0.25, -0.2) is 0 Å². The summed E-state index contributed by atoms with van der Waals surface area (Å²) in [6, 6.07) is 0.454. The summed E-state index contributed by atoms with van der Waals surface area (Å²) in [6.07, 6.45) is 5.31. The summed E-state index contributed by atoms with van der Waals surface area (Å²) in [4.78, 5) is 14.2. The average molecular weight is 340 g/mol. The van der Waals surface area contributed by atoms with Crippen LogP contribution >= 0.6 is 24.8 Å². The van der Waals surface area contributed by atoms with Crippen LogP contribution in [0.4, 0.5) is 0 Å². The van der Waals surface area contributed by atoms with Crippen molar-refractivity contribution in [3.63, 3.8) is 0 Å². The van der Waals surface area contributed by atoms with Gasteiger partial charge < -0.3 is 10.6 Å². The number of hydrogen-bond acceptors (Lipinski definition) is 3. The molecule has 1 aliphatic carbocycles. The van der Waals surface area contributed by atoms with Crippen molar-refractivity contribution in [3.05, 3.63) is 0 Å². The van der Waals surface area contributed by atoms with Crippen LogP contribution in [-0.2, 0) is 4.79 Å². The van der Waals surface area contributed by atoms with Gasteiger partial charge in [-0.3, -0.25) is 9.69 Å². The van der Waals surface area contributed by atoms with Gasteiger partial charge in [-0.1, -0.05) is 6.92 Å². The van der Waals surface area contributed by atoms with E-state index in [0.29, 0.717) is 12.6 Å². The molecule has 0 spiro atoms. The molecule has 2 fully saturated rings. The Labute approximate surface area is 141 Å². The van der Waals surface area contributed by atoms with Crippen molar-refractivity contribution >= 4 is 30.7 Å². The van der Waals surface area contributed by atoms with Crippen LogP contribution < -0.4 is 10.6 Å². The highest BCUT2D eigenvalue weighted by molar-refractivity contribution is 5.85. The molecule has 1 aliphatic heterocycles. The Morgan fingerprint density at radius 2 is 2.00 bits per heavy atom. The topological polar surface area (TPSA) is 44.4 Å². The Bertz CT molecular complexity index is 301. The van der Waals surface area contributed by atoms with E-state index >= 15 is 0 Å². The Balaban J connectivity index is 0.00000200. The third kappa shape index (κ3) is 8.24. The highest BCUT2D eigenvalue weighted by atomic mass is 35.5. The third-order valence-electron chi connectivity index (χ3n) is 4.32. The molecule has 2 aliphatic rings. The van der Waals surface area contributed by atoms with Crippen LogP contribution in [-0.4, -0.2) is 49.6 Å². The monoisotopic (exact) mass is 339 g/mol. The van der Waals surface area contributed by atoms with Gasteiger partial charge in [0.1, 0.15) is 0 Å². The maximum absolute atomic E-state index is 11.7. The second-order valence-corrected chi connectivity index (χ2v) is 6.47. The summed E-state index contributed by atoms with van der Waals surface area (Å²) in [5.41, 5.74) is 0. The summed E-state index contributed by atoms with van der Waals surface area (Å²) in [5.74, 6) is 1.77. The summed E-state index contributed by atoms with van der Waals surface area (Å²) in [7, 11) is 0. The number of nitrogens with one attached hydrogen (secondary N) is 2. The van der Waals surface area contributed by atoms with Crippen LogP contribution in [0.25, 0.3) is 0 Å². The fourth-order valence-electron chi connectivity index (χ4n) is 2.79. The van der Waals surface area contributed by atoms with E-state index in [-0.39, 0.29) is 30.7 Å². The zero-order chi connectivity index (χ0) is 13.7. The molecule has 0 radical (unpaired) electrons. The Hall–Kier alpha value is -0.0300. The predicted octanol–water partition coefficient (Wildman–Crippen LogP) is 2.07. The number of halogens is 2. The highest BCUT2D eigenvalue weighted by Gasteiger charge is 2.22. The van der Waals surface area contributed by atoms with Crippen LogP contribution in [0, 0.1) is 11.8 Å².